The average molecular weight is 498 g/mol. The minimum atomic E-state index is -0.765. The summed E-state index contributed by atoms with van der Waals surface area (Å²) in [4.78, 5) is 28.5. The highest BCUT2D eigenvalue weighted by Gasteiger charge is 2.28. The van der Waals surface area contributed by atoms with Crippen LogP contribution in [-0.4, -0.2) is 72.7 Å². The molecule has 0 aliphatic heterocycles. The van der Waals surface area contributed by atoms with Crippen LogP contribution >= 0.6 is 0 Å². The molecule has 0 aromatic heterocycles. The molecular formula is C29H40FN3O3. The first-order valence-electron chi connectivity index (χ1n) is 12.9. The monoisotopic (exact) mass is 497 g/mol. The number of carbonyl (C=O) groups is 2. The molecule has 36 heavy (non-hydrogen) atoms. The number of alkyl halides is 1. The SMILES string of the molecule is CC(=O)N(Cc1ccc(-c2cccc(C(=O)NCCCN(C)C)c2)cc1)CC(O)C1CCC(F)CC1. The van der Waals surface area contributed by atoms with E-state index in [2.05, 4.69) is 10.2 Å². The Hall–Kier alpha value is -2.77. The van der Waals surface area contributed by atoms with Crippen molar-refractivity contribution in [3.63, 3.8) is 0 Å². The van der Waals surface area contributed by atoms with Gasteiger partial charge in [-0.1, -0.05) is 36.4 Å². The number of carbonyl (C=O) groups excluding carboxylic acids is 2. The van der Waals surface area contributed by atoms with Crippen molar-refractivity contribution in [3.8, 4) is 11.1 Å². The first kappa shape index (κ1) is 27.8. The molecule has 1 saturated carbocycles. The number of hydrogen-bond acceptors (Lipinski definition) is 4. The molecule has 2 amide bonds. The van der Waals surface area contributed by atoms with E-state index < -0.39 is 12.3 Å². The molecular weight excluding hydrogens is 457 g/mol. The van der Waals surface area contributed by atoms with Crippen LogP contribution in [0.4, 0.5) is 4.39 Å². The van der Waals surface area contributed by atoms with E-state index in [1.54, 1.807) is 4.90 Å². The van der Waals surface area contributed by atoms with E-state index in [9.17, 15) is 19.1 Å². The lowest BCUT2D eigenvalue weighted by Gasteiger charge is -2.32. The molecule has 1 atom stereocenters. The standard InChI is InChI=1S/C29H40FN3O3/c1-21(34)33(20-28(35)24-12-14-27(30)15-13-24)19-22-8-10-23(11-9-22)25-6-4-7-26(18-25)29(36)31-16-5-17-32(2)3/h4,6-11,18,24,27-28,35H,5,12-17,19-20H2,1-3H3,(H,31,36). The topological polar surface area (TPSA) is 72.9 Å². The summed E-state index contributed by atoms with van der Waals surface area (Å²) in [5, 5.41) is 13.6. The predicted octanol–water partition coefficient (Wildman–Crippen LogP) is 4.27. The molecule has 1 aliphatic carbocycles. The molecule has 0 saturated heterocycles. The van der Waals surface area contributed by atoms with Crippen molar-refractivity contribution in [1.29, 1.82) is 0 Å². The van der Waals surface area contributed by atoms with Gasteiger partial charge in [-0.2, -0.15) is 0 Å². The number of aliphatic hydroxyl groups excluding tert-OH is 1. The zero-order valence-electron chi connectivity index (χ0n) is 21.8. The molecule has 2 aromatic rings. The fourth-order valence-electron chi connectivity index (χ4n) is 4.70. The quantitative estimate of drug-likeness (QED) is 0.455. The first-order valence-corrected chi connectivity index (χ1v) is 12.9. The Balaban J connectivity index is 1.59. The van der Waals surface area contributed by atoms with E-state index in [1.807, 2.05) is 62.6 Å². The molecule has 3 rings (SSSR count). The highest BCUT2D eigenvalue weighted by Crippen LogP contribution is 2.29. The van der Waals surface area contributed by atoms with E-state index in [1.165, 1.54) is 6.92 Å². The van der Waals surface area contributed by atoms with Crippen LogP contribution in [-0.2, 0) is 11.3 Å². The summed E-state index contributed by atoms with van der Waals surface area (Å²) in [6.07, 6.45) is 1.79. The second-order valence-corrected chi connectivity index (χ2v) is 10.2. The molecule has 0 spiro atoms. The molecule has 2 aromatic carbocycles. The summed E-state index contributed by atoms with van der Waals surface area (Å²) in [5.41, 5.74) is 3.52. The van der Waals surface area contributed by atoms with Crippen molar-refractivity contribution < 1.29 is 19.1 Å². The fraction of sp³-hybridized carbons (Fsp3) is 0.517. The van der Waals surface area contributed by atoms with Crippen molar-refractivity contribution >= 4 is 11.8 Å². The fourth-order valence-corrected chi connectivity index (χ4v) is 4.70. The largest absolute Gasteiger partial charge is 0.391 e. The molecule has 0 heterocycles. The van der Waals surface area contributed by atoms with Crippen molar-refractivity contribution in [2.45, 2.75) is 57.8 Å². The van der Waals surface area contributed by atoms with Gasteiger partial charge in [-0.3, -0.25) is 9.59 Å². The van der Waals surface area contributed by atoms with Gasteiger partial charge < -0.3 is 20.2 Å². The Kier molecular flexibility index (Phi) is 10.4. The third-order valence-corrected chi connectivity index (χ3v) is 6.95. The van der Waals surface area contributed by atoms with Crippen molar-refractivity contribution in [1.82, 2.24) is 15.1 Å². The van der Waals surface area contributed by atoms with Crippen LogP contribution in [0.25, 0.3) is 11.1 Å². The van der Waals surface area contributed by atoms with Gasteiger partial charge in [-0.15, -0.1) is 0 Å². The van der Waals surface area contributed by atoms with Gasteiger partial charge in [-0.25, -0.2) is 4.39 Å². The molecule has 2 N–H and O–H groups in total. The normalized spacial score (nSPS) is 18.6. The van der Waals surface area contributed by atoms with Crippen LogP contribution in [0.5, 0.6) is 0 Å². The third-order valence-electron chi connectivity index (χ3n) is 6.95. The lowest BCUT2D eigenvalue weighted by Crippen LogP contribution is -2.40. The molecule has 1 fully saturated rings. The zero-order chi connectivity index (χ0) is 26.1. The summed E-state index contributed by atoms with van der Waals surface area (Å²) in [6, 6.07) is 15.5. The van der Waals surface area contributed by atoms with Gasteiger partial charge in [0.05, 0.1) is 6.10 Å². The Morgan fingerprint density at radius 2 is 1.75 bits per heavy atom. The molecule has 7 heteroatoms. The number of nitrogens with zero attached hydrogens (tertiary/aromatic N) is 2. The maximum Gasteiger partial charge on any atom is 0.251 e. The molecule has 1 aliphatic rings. The van der Waals surface area contributed by atoms with Gasteiger partial charge in [0.15, 0.2) is 0 Å². The van der Waals surface area contributed by atoms with Gasteiger partial charge in [-0.05, 0) is 87.5 Å². The van der Waals surface area contributed by atoms with E-state index in [4.69, 9.17) is 0 Å². The van der Waals surface area contributed by atoms with E-state index in [0.717, 1.165) is 29.7 Å². The lowest BCUT2D eigenvalue weighted by molar-refractivity contribution is -0.131. The second kappa shape index (κ2) is 13.5. The number of nitrogens with one attached hydrogen (secondary N) is 1. The summed E-state index contributed by atoms with van der Waals surface area (Å²) in [6.45, 7) is 3.72. The van der Waals surface area contributed by atoms with Crippen LogP contribution in [0, 0.1) is 5.92 Å². The maximum absolute atomic E-state index is 13.4. The lowest BCUT2D eigenvalue weighted by atomic mass is 9.84. The van der Waals surface area contributed by atoms with Gasteiger partial charge in [0, 0.05) is 32.1 Å². The Morgan fingerprint density at radius 1 is 1.06 bits per heavy atom. The van der Waals surface area contributed by atoms with Crippen LogP contribution in [0.1, 0.15) is 54.9 Å². The number of rotatable bonds is 11. The Labute approximate surface area is 214 Å². The summed E-state index contributed by atoms with van der Waals surface area (Å²) in [7, 11) is 4.02. The highest BCUT2D eigenvalue weighted by atomic mass is 19.1. The van der Waals surface area contributed by atoms with Gasteiger partial charge in [0.1, 0.15) is 6.17 Å². The molecule has 1 unspecified atom stereocenters. The van der Waals surface area contributed by atoms with Crippen molar-refractivity contribution in [2.75, 3.05) is 33.7 Å². The molecule has 196 valence electrons. The minimum Gasteiger partial charge on any atom is -0.391 e. The second-order valence-electron chi connectivity index (χ2n) is 10.2. The minimum absolute atomic E-state index is 0.0405. The number of hydrogen-bond donors (Lipinski definition) is 2. The Morgan fingerprint density at radius 3 is 2.39 bits per heavy atom. The first-order chi connectivity index (χ1) is 17.2. The van der Waals surface area contributed by atoms with Gasteiger partial charge in [0.2, 0.25) is 5.91 Å². The van der Waals surface area contributed by atoms with E-state index in [0.29, 0.717) is 44.3 Å². The summed E-state index contributed by atoms with van der Waals surface area (Å²) < 4.78 is 13.4. The molecule has 6 nitrogen and oxygen atoms in total. The van der Waals surface area contributed by atoms with E-state index in [-0.39, 0.29) is 24.3 Å². The molecule has 0 radical (unpaired) electrons. The summed E-state index contributed by atoms with van der Waals surface area (Å²) >= 11 is 0. The number of benzene rings is 2. The highest BCUT2D eigenvalue weighted by molar-refractivity contribution is 5.95. The summed E-state index contributed by atoms with van der Waals surface area (Å²) in [5.74, 6) is -0.136. The van der Waals surface area contributed by atoms with E-state index >= 15 is 0 Å². The van der Waals surface area contributed by atoms with Crippen LogP contribution < -0.4 is 5.32 Å². The number of halogens is 1. The number of aliphatic hydroxyl groups is 1. The van der Waals surface area contributed by atoms with Crippen LogP contribution in [0.3, 0.4) is 0 Å². The Bertz CT molecular complexity index is 988. The van der Waals surface area contributed by atoms with Crippen molar-refractivity contribution in [2.24, 2.45) is 5.92 Å². The van der Waals surface area contributed by atoms with Crippen molar-refractivity contribution in [3.05, 3.63) is 59.7 Å². The molecule has 0 bridgehead atoms. The number of amides is 2. The average Bonchev–Trinajstić information content (AvgIpc) is 2.86. The van der Waals surface area contributed by atoms with Gasteiger partial charge >= 0.3 is 0 Å². The smallest absolute Gasteiger partial charge is 0.251 e. The maximum atomic E-state index is 13.4. The van der Waals surface area contributed by atoms with Crippen LogP contribution in [0.2, 0.25) is 0 Å². The third kappa shape index (κ3) is 8.42. The van der Waals surface area contributed by atoms with Gasteiger partial charge in [0.25, 0.3) is 5.91 Å². The predicted molar refractivity (Wildman–Crippen MR) is 141 cm³/mol. The zero-order valence-corrected chi connectivity index (χ0v) is 21.8. The van der Waals surface area contributed by atoms with Crippen LogP contribution in [0.15, 0.2) is 48.5 Å².